The summed E-state index contributed by atoms with van der Waals surface area (Å²) in [6.07, 6.45) is 1.93. The molecule has 1 N–H and O–H groups in total. The first-order valence-electron chi connectivity index (χ1n) is 6.35. The highest BCUT2D eigenvalue weighted by atomic mass is 32.1. The molecule has 1 heterocycles. The van der Waals surface area contributed by atoms with E-state index in [-0.39, 0.29) is 12.3 Å². The van der Waals surface area contributed by atoms with Crippen molar-refractivity contribution in [3.8, 4) is 0 Å². The molecule has 0 saturated heterocycles. The third-order valence-electron chi connectivity index (χ3n) is 2.84. The number of hydrazone groups is 1. The molecule has 0 unspecified atom stereocenters. The standard InChI is InChI=1S/C15H17N3OS/c1-10-4-5-11(2)13(6-10)8-16-18-15(19)7-14-9-20-12(3)17-14/h4-6,8-9H,7H2,1-3H3,(H,18,19)/b16-8-. The normalized spacial score (nSPS) is 10.9. The van der Waals surface area contributed by atoms with Crippen molar-refractivity contribution in [2.75, 3.05) is 0 Å². The maximum atomic E-state index is 11.7. The second kappa shape index (κ2) is 6.43. The van der Waals surface area contributed by atoms with Gasteiger partial charge in [-0.05, 0) is 31.9 Å². The number of nitrogens with one attached hydrogen (secondary N) is 1. The van der Waals surface area contributed by atoms with Gasteiger partial charge in [0.1, 0.15) is 0 Å². The Bertz CT molecular complexity index is 646. The average molecular weight is 287 g/mol. The summed E-state index contributed by atoms with van der Waals surface area (Å²) in [5.74, 6) is -0.156. The van der Waals surface area contributed by atoms with Crippen molar-refractivity contribution in [2.24, 2.45) is 5.10 Å². The van der Waals surface area contributed by atoms with E-state index in [4.69, 9.17) is 0 Å². The fourth-order valence-electron chi connectivity index (χ4n) is 1.77. The lowest BCUT2D eigenvalue weighted by molar-refractivity contribution is -0.120. The summed E-state index contributed by atoms with van der Waals surface area (Å²) in [7, 11) is 0. The Morgan fingerprint density at radius 3 is 2.90 bits per heavy atom. The zero-order valence-electron chi connectivity index (χ0n) is 11.8. The van der Waals surface area contributed by atoms with Crippen LogP contribution in [0, 0.1) is 20.8 Å². The van der Waals surface area contributed by atoms with Crippen LogP contribution in [0.1, 0.15) is 27.4 Å². The Hall–Kier alpha value is -2.01. The van der Waals surface area contributed by atoms with Crippen LogP contribution in [0.4, 0.5) is 0 Å². The molecule has 0 atom stereocenters. The van der Waals surface area contributed by atoms with Crippen LogP contribution in [0.5, 0.6) is 0 Å². The predicted octanol–water partition coefficient (Wildman–Crippen LogP) is 2.76. The van der Waals surface area contributed by atoms with Gasteiger partial charge in [-0.1, -0.05) is 23.8 Å². The summed E-state index contributed by atoms with van der Waals surface area (Å²) in [6, 6.07) is 6.13. The minimum Gasteiger partial charge on any atom is -0.273 e. The Kier molecular flexibility index (Phi) is 4.63. The SMILES string of the molecule is Cc1ccc(C)c(/C=N\NC(=O)Cc2csc(C)n2)c1. The number of carbonyl (C=O) groups excluding carboxylic acids is 1. The molecule has 1 amide bonds. The molecular formula is C15H17N3OS. The molecule has 5 heteroatoms. The number of carbonyl (C=O) groups is 1. The van der Waals surface area contributed by atoms with Gasteiger partial charge < -0.3 is 0 Å². The van der Waals surface area contributed by atoms with Crippen LogP contribution in [0.3, 0.4) is 0 Å². The number of nitrogens with zero attached hydrogens (tertiary/aromatic N) is 2. The first-order chi connectivity index (χ1) is 9.54. The minimum absolute atomic E-state index is 0.156. The maximum Gasteiger partial charge on any atom is 0.246 e. The van der Waals surface area contributed by atoms with Gasteiger partial charge >= 0.3 is 0 Å². The van der Waals surface area contributed by atoms with Crippen molar-refractivity contribution in [3.63, 3.8) is 0 Å². The van der Waals surface area contributed by atoms with Gasteiger partial charge in [-0.2, -0.15) is 5.10 Å². The summed E-state index contributed by atoms with van der Waals surface area (Å²) in [4.78, 5) is 16.0. The average Bonchev–Trinajstić information content (AvgIpc) is 2.79. The van der Waals surface area contributed by atoms with Crippen molar-refractivity contribution >= 4 is 23.5 Å². The van der Waals surface area contributed by atoms with E-state index < -0.39 is 0 Å². The maximum absolute atomic E-state index is 11.7. The van der Waals surface area contributed by atoms with Crippen LogP contribution < -0.4 is 5.43 Å². The molecular weight excluding hydrogens is 270 g/mol. The van der Waals surface area contributed by atoms with E-state index in [0.717, 1.165) is 21.8 Å². The third-order valence-corrected chi connectivity index (χ3v) is 3.66. The molecule has 104 valence electrons. The van der Waals surface area contributed by atoms with Crippen molar-refractivity contribution in [2.45, 2.75) is 27.2 Å². The van der Waals surface area contributed by atoms with Gasteiger partial charge in [0.15, 0.2) is 0 Å². The highest BCUT2D eigenvalue weighted by Gasteiger charge is 2.05. The number of rotatable bonds is 4. The number of thiazole rings is 1. The first-order valence-corrected chi connectivity index (χ1v) is 7.23. The summed E-state index contributed by atoms with van der Waals surface area (Å²) in [6.45, 7) is 5.96. The number of aryl methyl sites for hydroxylation is 3. The Balaban J connectivity index is 1.92. The van der Waals surface area contributed by atoms with Crippen LogP contribution in [-0.2, 0) is 11.2 Å². The predicted molar refractivity (Wildman–Crippen MR) is 82.2 cm³/mol. The lowest BCUT2D eigenvalue weighted by atomic mass is 10.1. The van der Waals surface area contributed by atoms with Gasteiger partial charge in [0.05, 0.1) is 23.3 Å². The molecule has 20 heavy (non-hydrogen) atoms. The molecule has 2 aromatic rings. The second-order valence-electron chi connectivity index (χ2n) is 4.69. The van der Waals surface area contributed by atoms with E-state index >= 15 is 0 Å². The minimum atomic E-state index is -0.156. The van der Waals surface area contributed by atoms with Crippen molar-refractivity contribution < 1.29 is 4.79 Å². The van der Waals surface area contributed by atoms with E-state index in [1.54, 1.807) is 17.6 Å². The fraction of sp³-hybridized carbons (Fsp3) is 0.267. The van der Waals surface area contributed by atoms with Crippen molar-refractivity contribution in [3.05, 3.63) is 51.0 Å². The molecule has 0 spiro atoms. The summed E-state index contributed by atoms with van der Waals surface area (Å²) in [5.41, 5.74) is 6.62. The number of hydrogen-bond acceptors (Lipinski definition) is 4. The van der Waals surface area contributed by atoms with Crippen LogP contribution in [0.25, 0.3) is 0 Å². The lowest BCUT2D eigenvalue weighted by Crippen LogP contribution is -2.20. The van der Waals surface area contributed by atoms with Gasteiger partial charge in [-0.25, -0.2) is 10.4 Å². The Morgan fingerprint density at radius 1 is 1.40 bits per heavy atom. The third kappa shape index (κ3) is 3.99. The highest BCUT2D eigenvalue weighted by molar-refractivity contribution is 7.09. The van der Waals surface area contributed by atoms with E-state index in [9.17, 15) is 4.79 Å². The first kappa shape index (κ1) is 14.4. The Morgan fingerprint density at radius 2 is 2.20 bits per heavy atom. The van der Waals surface area contributed by atoms with Crippen LogP contribution in [0.2, 0.25) is 0 Å². The fourth-order valence-corrected chi connectivity index (χ4v) is 2.38. The lowest BCUT2D eigenvalue weighted by Gasteiger charge is -2.01. The quantitative estimate of drug-likeness (QED) is 0.694. The molecule has 1 aromatic heterocycles. The largest absolute Gasteiger partial charge is 0.273 e. The Labute approximate surface area is 122 Å². The zero-order chi connectivity index (χ0) is 14.5. The highest BCUT2D eigenvalue weighted by Crippen LogP contribution is 2.09. The van der Waals surface area contributed by atoms with E-state index in [1.165, 1.54) is 5.56 Å². The number of aromatic nitrogens is 1. The van der Waals surface area contributed by atoms with E-state index in [2.05, 4.69) is 21.6 Å². The summed E-state index contributed by atoms with van der Waals surface area (Å²) < 4.78 is 0. The van der Waals surface area contributed by atoms with Gasteiger partial charge in [-0.15, -0.1) is 11.3 Å². The molecule has 0 fully saturated rings. The molecule has 0 aliphatic rings. The molecule has 0 aliphatic heterocycles. The van der Waals surface area contributed by atoms with Crippen LogP contribution in [-0.4, -0.2) is 17.1 Å². The van der Waals surface area contributed by atoms with Gasteiger partial charge in [0.2, 0.25) is 5.91 Å². The molecule has 0 aliphatic carbocycles. The zero-order valence-corrected chi connectivity index (χ0v) is 12.6. The molecule has 0 saturated carbocycles. The number of benzene rings is 1. The topological polar surface area (TPSA) is 54.4 Å². The van der Waals surface area contributed by atoms with E-state index in [0.29, 0.717) is 0 Å². The van der Waals surface area contributed by atoms with E-state index in [1.807, 2.05) is 38.3 Å². The van der Waals surface area contributed by atoms with Crippen LogP contribution in [0.15, 0.2) is 28.7 Å². The monoisotopic (exact) mass is 287 g/mol. The molecule has 1 aromatic carbocycles. The molecule has 4 nitrogen and oxygen atoms in total. The van der Waals surface area contributed by atoms with Gasteiger partial charge in [0.25, 0.3) is 0 Å². The van der Waals surface area contributed by atoms with Crippen molar-refractivity contribution in [1.29, 1.82) is 0 Å². The molecule has 0 radical (unpaired) electrons. The van der Waals surface area contributed by atoms with Gasteiger partial charge in [0, 0.05) is 5.38 Å². The smallest absolute Gasteiger partial charge is 0.246 e. The van der Waals surface area contributed by atoms with Crippen molar-refractivity contribution in [1.82, 2.24) is 10.4 Å². The summed E-state index contributed by atoms with van der Waals surface area (Å²) >= 11 is 1.54. The van der Waals surface area contributed by atoms with Gasteiger partial charge in [-0.3, -0.25) is 4.79 Å². The summed E-state index contributed by atoms with van der Waals surface area (Å²) in [5, 5.41) is 6.85. The second-order valence-corrected chi connectivity index (χ2v) is 5.75. The number of hydrogen-bond donors (Lipinski definition) is 1. The molecule has 2 rings (SSSR count). The van der Waals surface area contributed by atoms with Crippen LogP contribution >= 0.6 is 11.3 Å². The number of amides is 1. The molecule has 0 bridgehead atoms.